The van der Waals surface area contributed by atoms with Crippen LogP contribution in [0.15, 0.2) is 54.6 Å². The van der Waals surface area contributed by atoms with Crippen LogP contribution in [0.4, 0.5) is 5.69 Å². The van der Waals surface area contributed by atoms with Gasteiger partial charge in [-0.1, -0.05) is 42.5 Å². The summed E-state index contributed by atoms with van der Waals surface area (Å²) >= 11 is 0. The number of hydrogen-bond donors (Lipinski definition) is 0. The van der Waals surface area contributed by atoms with Gasteiger partial charge in [0.05, 0.1) is 4.92 Å². The van der Waals surface area contributed by atoms with Crippen molar-refractivity contribution in [3.8, 4) is 0 Å². The van der Waals surface area contributed by atoms with Gasteiger partial charge in [-0.05, 0) is 42.7 Å². The Kier molecular flexibility index (Phi) is 6.03. The number of non-ortho nitro benzene ring substituents is 1. The highest BCUT2D eigenvalue weighted by Crippen LogP contribution is 2.35. The zero-order valence-electron chi connectivity index (χ0n) is 16.4. The van der Waals surface area contributed by atoms with Crippen LogP contribution in [0.2, 0.25) is 0 Å². The molecule has 0 radical (unpaired) electrons. The molecule has 5 heteroatoms. The summed E-state index contributed by atoms with van der Waals surface area (Å²) in [7, 11) is 0. The van der Waals surface area contributed by atoms with Gasteiger partial charge in [-0.25, -0.2) is 0 Å². The van der Waals surface area contributed by atoms with Crippen molar-refractivity contribution in [2.45, 2.75) is 44.2 Å². The first-order valence-electron chi connectivity index (χ1n) is 10.4. The van der Waals surface area contributed by atoms with Gasteiger partial charge in [0.15, 0.2) is 0 Å². The Morgan fingerprint density at radius 3 is 2.11 bits per heavy atom. The molecule has 1 aliphatic heterocycles. The molecule has 148 valence electrons. The van der Waals surface area contributed by atoms with E-state index in [0.717, 1.165) is 50.2 Å². The lowest BCUT2D eigenvalue weighted by atomic mass is 9.81. The van der Waals surface area contributed by atoms with Crippen LogP contribution in [0.3, 0.4) is 0 Å². The molecule has 0 atom stereocenters. The van der Waals surface area contributed by atoms with Crippen molar-refractivity contribution < 1.29 is 4.92 Å². The van der Waals surface area contributed by atoms with E-state index in [-0.39, 0.29) is 10.6 Å². The van der Waals surface area contributed by atoms with Gasteiger partial charge in [0.25, 0.3) is 5.69 Å². The Morgan fingerprint density at radius 2 is 1.50 bits per heavy atom. The Morgan fingerprint density at radius 1 is 0.857 bits per heavy atom. The number of benzene rings is 2. The molecule has 0 amide bonds. The van der Waals surface area contributed by atoms with Crippen molar-refractivity contribution in [2.24, 2.45) is 0 Å². The van der Waals surface area contributed by atoms with Crippen LogP contribution in [0.25, 0.3) is 0 Å². The van der Waals surface area contributed by atoms with Gasteiger partial charge in [-0.3, -0.25) is 19.9 Å². The van der Waals surface area contributed by atoms with Crippen molar-refractivity contribution in [2.75, 3.05) is 26.2 Å². The molecule has 1 saturated carbocycles. The van der Waals surface area contributed by atoms with E-state index in [2.05, 4.69) is 40.1 Å². The maximum atomic E-state index is 10.8. The first kappa shape index (κ1) is 19.1. The van der Waals surface area contributed by atoms with Crippen molar-refractivity contribution in [1.29, 1.82) is 0 Å². The zero-order chi connectivity index (χ0) is 19.3. The summed E-state index contributed by atoms with van der Waals surface area (Å²) in [6.45, 7) is 5.30. The van der Waals surface area contributed by atoms with Gasteiger partial charge in [0.1, 0.15) is 0 Å². The first-order valence-corrected chi connectivity index (χ1v) is 10.4. The topological polar surface area (TPSA) is 49.6 Å². The number of rotatable bonds is 5. The second kappa shape index (κ2) is 8.84. The molecule has 2 aromatic carbocycles. The average Bonchev–Trinajstić information content (AvgIpc) is 2.75. The SMILES string of the molecule is O=[N+]([O-])c1ccc(CN2CCN(C3CCC(c4ccccc4)CC3)CC2)cc1. The molecule has 0 aromatic heterocycles. The fourth-order valence-electron chi connectivity index (χ4n) is 4.77. The van der Waals surface area contributed by atoms with Gasteiger partial charge in [-0.2, -0.15) is 0 Å². The molecule has 0 bridgehead atoms. The van der Waals surface area contributed by atoms with E-state index in [1.807, 2.05) is 12.1 Å². The van der Waals surface area contributed by atoms with Crippen LogP contribution in [0.5, 0.6) is 0 Å². The fraction of sp³-hybridized carbons (Fsp3) is 0.478. The summed E-state index contributed by atoms with van der Waals surface area (Å²) in [5.74, 6) is 0.737. The number of nitrogens with zero attached hydrogens (tertiary/aromatic N) is 3. The fourth-order valence-corrected chi connectivity index (χ4v) is 4.77. The lowest BCUT2D eigenvalue weighted by Crippen LogP contribution is -2.50. The molecule has 1 aliphatic carbocycles. The summed E-state index contributed by atoms with van der Waals surface area (Å²) in [5, 5.41) is 10.8. The van der Waals surface area contributed by atoms with Crippen molar-refractivity contribution in [3.05, 3.63) is 75.8 Å². The molecule has 0 spiro atoms. The van der Waals surface area contributed by atoms with Crippen LogP contribution in [-0.4, -0.2) is 46.9 Å². The third-order valence-electron chi connectivity index (χ3n) is 6.44. The molecule has 0 unspecified atom stereocenters. The van der Waals surface area contributed by atoms with Crippen LogP contribution >= 0.6 is 0 Å². The highest BCUT2D eigenvalue weighted by Gasteiger charge is 2.28. The maximum Gasteiger partial charge on any atom is 0.269 e. The molecule has 2 aliphatic rings. The largest absolute Gasteiger partial charge is 0.298 e. The second-order valence-corrected chi connectivity index (χ2v) is 8.15. The van der Waals surface area contributed by atoms with Crippen molar-refractivity contribution >= 4 is 5.69 Å². The predicted octanol–water partition coefficient (Wildman–Crippen LogP) is 4.44. The van der Waals surface area contributed by atoms with E-state index in [1.165, 1.54) is 31.2 Å². The van der Waals surface area contributed by atoms with Gasteiger partial charge in [-0.15, -0.1) is 0 Å². The minimum absolute atomic E-state index is 0.166. The minimum atomic E-state index is -0.338. The molecule has 28 heavy (non-hydrogen) atoms. The van der Waals surface area contributed by atoms with Crippen molar-refractivity contribution in [3.63, 3.8) is 0 Å². The van der Waals surface area contributed by atoms with Crippen molar-refractivity contribution in [1.82, 2.24) is 9.80 Å². The van der Waals surface area contributed by atoms with Gasteiger partial charge in [0.2, 0.25) is 0 Å². The number of nitro groups is 1. The minimum Gasteiger partial charge on any atom is -0.298 e. The first-order chi connectivity index (χ1) is 13.7. The van der Waals surface area contributed by atoms with Crippen LogP contribution in [0.1, 0.15) is 42.7 Å². The smallest absolute Gasteiger partial charge is 0.269 e. The third-order valence-corrected chi connectivity index (χ3v) is 6.44. The summed E-state index contributed by atoms with van der Waals surface area (Å²) in [4.78, 5) is 15.6. The normalized spacial score (nSPS) is 24.1. The van der Waals surface area contributed by atoms with Crippen LogP contribution < -0.4 is 0 Å². The summed E-state index contributed by atoms with van der Waals surface area (Å²) in [5.41, 5.74) is 2.83. The summed E-state index contributed by atoms with van der Waals surface area (Å²) < 4.78 is 0. The second-order valence-electron chi connectivity index (χ2n) is 8.15. The number of piperazine rings is 1. The molecule has 1 saturated heterocycles. The zero-order valence-corrected chi connectivity index (χ0v) is 16.4. The summed E-state index contributed by atoms with van der Waals surface area (Å²) in [6.07, 6.45) is 5.22. The molecule has 1 heterocycles. The van der Waals surface area contributed by atoms with Gasteiger partial charge >= 0.3 is 0 Å². The Balaban J connectivity index is 1.23. The van der Waals surface area contributed by atoms with E-state index in [4.69, 9.17) is 0 Å². The highest BCUT2D eigenvalue weighted by atomic mass is 16.6. The Hall–Kier alpha value is -2.24. The van der Waals surface area contributed by atoms with E-state index in [0.29, 0.717) is 0 Å². The average molecular weight is 380 g/mol. The van der Waals surface area contributed by atoms with Gasteiger partial charge in [0, 0.05) is 50.9 Å². The number of hydrogen-bond acceptors (Lipinski definition) is 4. The molecule has 2 aromatic rings. The van der Waals surface area contributed by atoms with E-state index < -0.39 is 0 Å². The molecule has 2 fully saturated rings. The van der Waals surface area contributed by atoms with E-state index >= 15 is 0 Å². The lowest BCUT2D eigenvalue weighted by molar-refractivity contribution is -0.384. The lowest BCUT2D eigenvalue weighted by Gasteiger charge is -2.42. The monoisotopic (exact) mass is 379 g/mol. The third kappa shape index (κ3) is 4.59. The molecule has 5 nitrogen and oxygen atoms in total. The quantitative estimate of drug-likeness (QED) is 0.569. The maximum absolute atomic E-state index is 10.8. The van der Waals surface area contributed by atoms with Crippen LogP contribution in [0, 0.1) is 10.1 Å². The number of nitro benzene ring substituents is 1. The Labute approximate surface area is 167 Å². The van der Waals surface area contributed by atoms with Gasteiger partial charge < -0.3 is 0 Å². The van der Waals surface area contributed by atoms with E-state index in [1.54, 1.807) is 12.1 Å². The predicted molar refractivity (Wildman–Crippen MR) is 111 cm³/mol. The Bertz CT molecular complexity index is 762. The van der Waals surface area contributed by atoms with Crippen LogP contribution in [-0.2, 0) is 6.54 Å². The highest BCUT2D eigenvalue weighted by molar-refractivity contribution is 5.32. The molecular weight excluding hydrogens is 350 g/mol. The van der Waals surface area contributed by atoms with E-state index in [9.17, 15) is 10.1 Å². The standard InChI is InChI=1S/C23H29N3O2/c27-26(28)23-10-6-19(7-11-23)18-24-14-16-25(17-15-24)22-12-8-21(9-13-22)20-4-2-1-3-5-20/h1-7,10-11,21-22H,8-9,12-18H2. The molecule has 4 rings (SSSR count). The molecule has 0 N–H and O–H groups in total. The summed E-state index contributed by atoms with van der Waals surface area (Å²) in [6, 6.07) is 18.7. The molecular formula is C23H29N3O2.